The van der Waals surface area contributed by atoms with Crippen molar-refractivity contribution in [2.24, 2.45) is 5.41 Å². The van der Waals surface area contributed by atoms with Crippen LogP contribution in [0.25, 0.3) is 0 Å². The number of nitriles is 1. The van der Waals surface area contributed by atoms with E-state index in [0.717, 1.165) is 10.9 Å². The fourth-order valence-electron chi connectivity index (χ4n) is 2.79. The molecule has 0 bridgehead atoms. The first kappa shape index (κ1) is 14.6. The van der Waals surface area contributed by atoms with Crippen molar-refractivity contribution in [3.05, 3.63) is 22.2 Å². The molecule has 1 N–H and O–H groups in total. The predicted octanol–water partition coefficient (Wildman–Crippen LogP) is 2.57. The van der Waals surface area contributed by atoms with E-state index >= 15 is 0 Å². The van der Waals surface area contributed by atoms with Crippen molar-refractivity contribution in [1.82, 2.24) is 0 Å². The Hall–Kier alpha value is -1.29. The van der Waals surface area contributed by atoms with Crippen LogP contribution < -0.4 is 9.47 Å². The van der Waals surface area contributed by atoms with Crippen LogP contribution in [0.2, 0.25) is 0 Å². The maximum atomic E-state index is 10.7. The molecular formula is C15H16BrNO4. The lowest BCUT2D eigenvalue weighted by molar-refractivity contribution is -0.0507. The number of benzene rings is 1. The van der Waals surface area contributed by atoms with Gasteiger partial charge in [0.15, 0.2) is 11.5 Å². The molecule has 3 rings (SSSR count). The number of nitrogens with zero attached hydrogens (tertiary/aromatic N) is 1. The van der Waals surface area contributed by atoms with E-state index in [-0.39, 0.29) is 6.61 Å². The summed E-state index contributed by atoms with van der Waals surface area (Å²) in [5, 5.41) is 20.2. The molecule has 0 amide bonds. The lowest BCUT2D eigenvalue weighted by atomic mass is 9.76. The van der Waals surface area contributed by atoms with E-state index in [4.69, 9.17) is 14.2 Å². The van der Waals surface area contributed by atoms with Gasteiger partial charge in [0.2, 0.25) is 0 Å². The maximum Gasteiger partial charge on any atom is 0.175 e. The van der Waals surface area contributed by atoms with Gasteiger partial charge in [-0.25, -0.2) is 0 Å². The minimum absolute atomic E-state index is 0.247. The largest absolute Gasteiger partial charge is 0.486 e. The van der Waals surface area contributed by atoms with Crippen molar-refractivity contribution < 1.29 is 19.3 Å². The fraction of sp³-hybridized carbons (Fsp3) is 0.533. The Morgan fingerprint density at radius 3 is 2.81 bits per heavy atom. The SMILES string of the molecule is N#CC1(C(O)c2cc(Br)c3c(c2)OCCO3)CCCOC1. The number of fused-ring (bicyclic) bond motifs is 1. The highest BCUT2D eigenvalue weighted by molar-refractivity contribution is 9.10. The average Bonchev–Trinajstić information content (AvgIpc) is 2.54. The minimum atomic E-state index is -0.921. The van der Waals surface area contributed by atoms with Gasteiger partial charge in [0.05, 0.1) is 17.1 Å². The third-order valence-corrected chi connectivity index (χ3v) is 4.54. The van der Waals surface area contributed by atoms with Crippen molar-refractivity contribution in [3.8, 4) is 17.6 Å². The number of halogens is 1. The van der Waals surface area contributed by atoms with Crippen LogP contribution in [-0.2, 0) is 4.74 Å². The number of hydrogen-bond donors (Lipinski definition) is 1. The quantitative estimate of drug-likeness (QED) is 0.884. The van der Waals surface area contributed by atoms with Crippen molar-refractivity contribution in [2.75, 3.05) is 26.4 Å². The lowest BCUT2D eigenvalue weighted by Crippen LogP contribution is -2.36. The third-order valence-electron chi connectivity index (χ3n) is 3.95. The molecule has 21 heavy (non-hydrogen) atoms. The predicted molar refractivity (Wildman–Crippen MR) is 78.2 cm³/mol. The van der Waals surface area contributed by atoms with E-state index < -0.39 is 11.5 Å². The van der Waals surface area contributed by atoms with Crippen molar-refractivity contribution in [3.63, 3.8) is 0 Å². The van der Waals surface area contributed by atoms with Gasteiger partial charge < -0.3 is 19.3 Å². The van der Waals surface area contributed by atoms with E-state index in [1.54, 1.807) is 12.1 Å². The Kier molecular flexibility index (Phi) is 4.07. The van der Waals surface area contributed by atoms with Gasteiger partial charge in [-0.2, -0.15) is 5.26 Å². The molecule has 5 nitrogen and oxygen atoms in total. The monoisotopic (exact) mass is 353 g/mol. The van der Waals surface area contributed by atoms with Crippen LogP contribution in [0.1, 0.15) is 24.5 Å². The molecule has 2 aliphatic rings. The zero-order valence-electron chi connectivity index (χ0n) is 11.5. The van der Waals surface area contributed by atoms with Gasteiger partial charge in [0.25, 0.3) is 0 Å². The number of aliphatic hydroxyl groups excluding tert-OH is 1. The molecule has 1 saturated heterocycles. The molecule has 1 aromatic rings. The highest BCUT2D eigenvalue weighted by atomic mass is 79.9. The first-order chi connectivity index (χ1) is 10.2. The van der Waals surface area contributed by atoms with Crippen LogP contribution in [-0.4, -0.2) is 31.5 Å². The highest BCUT2D eigenvalue weighted by Crippen LogP contribution is 2.45. The molecule has 0 radical (unpaired) electrons. The van der Waals surface area contributed by atoms with Crippen LogP contribution in [0.5, 0.6) is 11.5 Å². The maximum absolute atomic E-state index is 10.7. The summed E-state index contributed by atoms with van der Waals surface area (Å²) in [6, 6.07) is 5.78. The van der Waals surface area contributed by atoms with Crippen LogP contribution >= 0.6 is 15.9 Å². The summed E-state index contributed by atoms with van der Waals surface area (Å²) in [7, 11) is 0. The summed E-state index contributed by atoms with van der Waals surface area (Å²) < 4.78 is 17.2. The molecule has 1 aromatic carbocycles. The molecular weight excluding hydrogens is 338 g/mol. The second-order valence-corrected chi connectivity index (χ2v) is 6.21. The topological polar surface area (TPSA) is 71.7 Å². The smallest absolute Gasteiger partial charge is 0.175 e. The van der Waals surface area contributed by atoms with Gasteiger partial charge in [-0.05, 0) is 46.5 Å². The van der Waals surface area contributed by atoms with E-state index in [2.05, 4.69) is 22.0 Å². The van der Waals surface area contributed by atoms with Crippen LogP contribution in [0, 0.1) is 16.7 Å². The molecule has 6 heteroatoms. The molecule has 0 spiro atoms. The summed E-state index contributed by atoms with van der Waals surface area (Å²) in [5.74, 6) is 1.23. The molecule has 0 aromatic heterocycles. The molecule has 1 fully saturated rings. The van der Waals surface area contributed by atoms with Gasteiger partial charge in [-0.1, -0.05) is 0 Å². The van der Waals surface area contributed by atoms with Gasteiger partial charge in [0.1, 0.15) is 24.7 Å². The van der Waals surface area contributed by atoms with E-state index in [1.807, 2.05) is 0 Å². The summed E-state index contributed by atoms with van der Waals surface area (Å²) in [6.45, 7) is 1.87. The molecule has 2 heterocycles. The second kappa shape index (κ2) is 5.84. The summed E-state index contributed by atoms with van der Waals surface area (Å²) >= 11 is 3.43. The van der Waals surface area contributed by atoms with Crippen molar-refractivity contribution >= 4 is 15.9 Å². The molecule has 0 aliphatic carbocycles. The normalized spacial score (nSPS) is 26.0. The van der Waals surface area contributed by atoms with Gasteiger partial charge >= 0.3 is 0 Å². The molecule has 112 valence electrons. The number of rotatable bonds is 2. The Balaban J connectivity index is 1.96. The van der Waals surface area contributed by atoms with Gasteiger partial charge in [0, 0.05) is 6.61 Å². The van der Waals surface area contributed by atoms with E-state index in [9.17, 15) is 10.4 Å². The summed E-state index contributed by atoms with van der Waals surface area (Å²) in [4.78, 5) is 0. The number of ether oxygens (including phenoxy) is 3. The summed E-state index contributed by atoms with van der Waals surface area (Å²) in [5.41, 5.74) is -0.264. The standard InChI is InChI=1S/C15H16BrNO4/c16-11-6-10(7-12-13(11)21-5-4-20-12)14(18)15(8-17)2-1-3-19-9-15/h6-7,14,18H,1-5,9H2. The third kappa shape index (κ3) is 2.61. The van der Waals surface area contributed by atoms with Crippen LogP contribution in [0.4, 0.5) is 0 Å². The Bertz CT molecular complexity index is 578. The van der Waals surface area contributed by atoms with Crippen LogP contribution in [0.3, 0.4) is 0 Å². The molecule has 2 atom stereocenters. The number of hydrogen-bond acceptors (Lipinski definition) is 5. The Morgan fingerprint density at radius 1 is 1.29 bits per heavy atom. The summed E-state index contributed by atoms with van der Waals surface area (Å²) in [6.07, 6.45) is 0.475. The van der Waals surface area contributed by atoms with Crippen LogP contribution in [0.15, 0.2) is 16.6 Å². The highest BCUT2D eigenvalue weighted by Gasteiger charge is 2.41. The van der Waals surface area contributed by atoms with Gasteiger partial charge in [-0.3, -0.25) is 0 Å². The second-order valence-electron chi connectivity index (χ2n) is 5.35. The zero-order valence-corrected chi connectivity index (χ0v) is 13.1. The number of aliphatic hydroxyl groups is 1. The minimum Gasteiger partial charge on any atom is -0.486 e. The van der Waals surface area contributed by atoms with Crippen molar-refractivity contribution in [2.45, 2.75) is 18.9 Å². The Labute approximate surface area is 131 Å². The first-order valence-electron chi connectivity index (χ1n) is 6.92. The van der Waals surface area contributed by atoms with E-state index in [1.165, 1.54) is 0 Å². The van der Waals surface area contributed by atoms with Gasteiger partial charge in [-0.15, -0.1) is 0 Å². The lowest BCUT2D eigenvalue weighted by Gasteiger charge is -2.35. The average molecular weight is 354 g/mol. The van der Waals surface area contributed by atoms with E-state index in [0.29, 0.717) is 43.3 Å². The fourth-order valence-corrected chi connectivity index (χ4v) is 3.36. The Morgan fingerprint density at radius 2 is 2.10 bits per heavy atom. The van der Waals surface area contributed by atoms with Crippen molar-refractivity contribution in [1.29, 1.82) is 5.26 Å². The molecule has 0 saturated carbocycles. The molecule has 2 aliphatic heterocycles. The zero-order chi connectivity index (χ0) is 14.9. The first-order valence-corrected chi connectivity index (χ1v) is 7.72. The molecule has 2 unspecified atom stereocenters.